The van der Waals surface area contributed by atoms with E-state index in [0.29, 0.717) is 6.54 Å². The lowest BCUT2D eigenvalue weighted by molar-refractivity contribution is -0.116. The summed E-state index contributed by atoms with van der Waals surface area (Å²) in [4.78, 5) is 11.9. The number of rotatable bonds is 3. The van der Waals surface area contributed by atoms with Crippen molar-refractivity contribution in [3.05, 3.63) is 33.5 Å². The number of carbonyl (C=O) groups excluding carboxylic acids is 1. The van der Waals surface area contributed by atoms with Gasteiger partial charge in [-0.1, -0.05) is 6.58 Å². The summed E-state index contributed by atoms with van der Waals surface area (Å²) in [5, 5.41) is 4.67. The molecule has 0 aromatic carbocycles. The molecule has 0 atom stereocenters. The van der Waals surface area contributed by atoms with Crippen LogP contribution in [0.2, 0.25) is 0 Å². The van der Waals surface area contributed by atoms with Gasteiger partial charge in [-0.3, -0.25) is 4.79 Å². The van der Waals surface area contributed by atoms with Crippen LogP contribution in [0.1, 0.15) is 4.88 Å². The maximum absolute atomic E-state index is 10.8. The van der Waals surface area contributed by atoms with Crippen LogP contribution < -0.4 is 5.32 Å². The summed E-state index contributed by atoms with van der Waals surface area (Å²) in [5.41, 5.74) is 0. The van der Waals surface area contributed by atoms with E-state index in [0.717, 1.165) is 9.35 Å². The van der Waals surface area contributed by atoms with Gasteiger partial charge in [-0.05, 0) is 33.5 Å². The summed E-state index contributed by atoms with van der Waals surface area (Å²) in [5.74, 6) is -0.143. The van der Waals surface area contributed by atoms with Crippen molar-refractivity contribution in [3.63, 3.8) is 0 Å². The van der Waals surface area contributed by atoms with E-state index in [1.165, 1.54) is 6.08 Å². The van der Waals surface area contributed by atoms with Gasteiger partial charge >= 0.3 is 0 Å². The van der Waals surface area contributed by atoms with Crippen molar-refractivity contribution < 1.29 is 4.79 Å². The molecule has 1 heterocycles. The van der Waals surface area contributed by atoms with Crippen LogP contribution in [0.15, 0.2) is 28.6 Å². The molecule has 0 fully saturated rings. The average molecular weight is 246 g/mol. The molecule has 0 aliphatic heterocycles. The zero-order valence-corrected chi connectivity index (χ0v) is 8.74. The Labute approximate surface area is 83.4 Å². The maximum atomic E-state index is 10.8. The largest absolute Gasteiger partial charge is 0.348 e. The van der Waals surface area contributed by atoms with E-state index in [-0.39, 0.29) is 5.91 Å². The third-order valence-electron chi connectivity index (χ3n) is 1.30. The van der Waals surface area contributed by atoms with Crippen LogP contribution in [0, 0.1) is 0 Å². The first-order valence-electron chi connectivity index (χ1n) is 3.36. The summed E-state index contributed by atoms with van der Waals surface area (Å²) in [6.45, 7) is 3.92. The fourth-order valence-electron chi connectivity index (χ4n) is 0.691. The minimum Gasteiger partial charge on any atom is -0.348 e. The van der Waals surface area contributed by atoms with E-state index in [1.54, 1.807) is 11.3 Å². The molecule has 0 aliphatic rings. The molecule has 0 radical (unpaired) electrons. The Morgan fingerprint density at radius 1 is 1.83 bits per heavy atom. The van der Waals surface area contributed by atoms with Crippen molar-refractivity contribution in [2.45, 2.75) is 6.54 Å². The van der Waals surface area contributed by atoms with Crippen LogP contribution in [-0.4, -0.2) is 5.91 Å². The molecule has 0 aliphatic carbocycles. The smallest absolute Gasteiger partial charge is 0.243 e. The Kier molecular flexibility index (Phi) is 3.49. The minimum absolute atomic E-state index is 0.143. The predicted molar refractivity (Wildman–Crippen MR) is 54.1 cm³/mol. The van der Waals surface area contributed by atoms with Gasteiger partial charge in [0.15, 0.2) is 0 Å². The molecule has 2 nitrogen and oxygen atoms in total. The lowest BCUT2D eigenvalue weighted by Gasteiger charge is -1.99. The second kappa shape index (κ2) is 4.42. The van der Waals surface area contributed by atoms with Crippen molar-refractivity contribution in [2.75, 3.05) is 0 Å². The molecule has 0 unspecified atom stereocenters. The van der Waals surface area contributed by atoms with Crippen LogP contribution in [0.4, 0.5) is 0 Å². The van der Waals surface area contributed by atoms with Gasteiger partial charge in [-0.25, -0.2) is 0 Å². The third-order valence-corrected chi connectivity index (χ3v) is 3.23. The molecular weight excluding hydrogens is 238 g/mol. The Morgan fingerprint density at radius 3 is 3.08 bits per heavy atom. The average Bonchev–Trinajstić information content (AvgIpc) is 2.47. The quantitative estimate of drug-likeness (QED) is 0.814. The van der Waals surface area contributed by atoms with Gasteiger partial charge in [0.05, 0.1) is 6.54 Å². The zero-order chi connectivity index (χ0) is 8.97. The highest BCUT2D eigenvalue weighted by Crippen LogP contribution is 2.21. The van der Waals surface area contributed by atoms with E-state index >= 15 is 0 Å². The minimum atomic E-state index is -0.143. The number of hydrogen-bond donors (Lipinski definition) is 1. The van der Waals surface area contributed by atoms with Crippen molar-refractivity contribution in [3.8, 4) is 0 Å². The standard InChI is InChI=1S/C8H8BrNOS/c1-2-8(11)10-5-7-6(9)3-4-12-7/h2-4H,1,5H2,(H,10,11). The van der Waals surface area contributed by atoms with Crippen LogP contribution in [0.3, 0.4) is 0 Å². The van der Waals surface area contributed by atoms with Crippen LogP contribution in [0.5, 0.6) is 0 Å². The Balaban J connectivity index is 2.48. The fourth-order valence-corrected chi connectivity index (χ4v) is 2.12. The monoisotopic (exact) mass is 245 g/mol. The van der Waals surface area contributed by atoms with Crippen LogP contribution >= 0.6 is 27.3 Å². The molecule has 0 bridgehead atoms. The number of amides is 1. The Bertz CT molecular complexity index is 295. The van der Waals surface area contributed by atoms with E-state index in [1.807, 2.05) is 11.4 Å². The molecule has 1 N–H and O–H groups in total. The second-order valence-corrected chi connectivity index (χ2v) is 3.97. The van der Waals surface area contributed by atoms with E-state index in [2.05, 4.69) is 27.8 Å². The van der Waals surface area contributed by atoms with Crippen LogP contribution in [-0.2, 0) is 11.3 Å². The number of nitrogens with one attached hydrogen (secondary N) is 1. The van der Waals surface area contributed by atoms with Crippen LogP contribution in [0.25, 0.3) is 0 Å². The van der Waals surface area contributed by atoms with Crippen molar-refractivity contribution in [1.82, 2.24) is 5.32 Å². The highest BCUT2D eigenvalue weighted by molar-refractivity contribution is 9.10. The summed E-state index contributed by atoms with van der Waals surface area (Å²) in [6.07, 6.45) is 1.27. The highest BCUT2D eigenvalue weighted by atomic mass is 79.9. The summed E-state index contributed by atoms with van der Waals surface area (Å²) < 4.78 is 1.04. The molecule has 1 aromatic rings. The van der Waals surface area contributed by atoms with Crippen molar-refractivity contribution >= 4 is 33.2 Å². The zero-order valence-electron chi connectivity index (χ0n) is 6.34. The Hall–Kier alpha value is -0.610. The molecule has 64 valence electrons. The first-order valence-corrected chi connectivity index (χ1v) is 5.03. The molecule has 1 amide bonds. The molecule has 0 saturated carbocycles. The van der Waals surface area contributed by atoms with Gasteiger partial charge in [0.25, 0.3) is 0 Å². The maximum Gasteiger partial charge on any atom is 0.243 e. The fraction of sp³-hybridized carbons (Fsp3) is 0.125. The van der Waals surface area contributed by atoms with Gasteiger partial charge in [-0.2, -0.15) is 0 Å². The number of hydrogen-bond acceptors (Lipinski definition) is 2. The molecule has 0 spiro atoms. The second-order valence-electron chi connectivity index (χ2n) is 2.11. The summed E-state index contributed by atoms with van der Waals surface area (Å²) >= 11 is 4.98. The van der Waals surface area contributed by atoms with Gasteiger partial charge in [0.1, 0.15) is 0 Å². The first kappa shape index (κ1) is 9.48. The topological polar surface area (TPSA) is 29.1 Å². The number of halogens is 1. The van der Waals surface area contributed by atoms with Crippen molar-refractivity contribution in [1.29, 1.82) is 0 Å². The van der Waals surface area contributed by atoms with Gasteiger partial charge in [-0.15, -0.1) is 11.3 Å². The third kappa shape index (κ3) is 2.46. The predicted octanol–water partition coefficient (Wildman–Crippen LogP) is 2.31. The number of thiophene rings is 1. The first-order chi connectivity index (χ1) is 5.74. The normalized spacial score (nSPS) is 9.42. The van der Waals surface area contributed by atoms with Gasteiger partial charge in [0.2, 0.25) is 5.91 Å². The molecular formula is C8H8BrNOS. The van der Waals surface area contributed by atoms with E-state index < -0.39 is 0 Å². The Morgan fingerprint density at radius 2 is 2.58 bits per heavy atom. The lowest BCUT2D eigenvalue weighted by Crippen LogP contribution is -2.19. The molecule has 1 aromatic heterocycles. The summed E-state index contributed by atoms with van der Waals surface area (Å²) in [7, 11) is 0. The lowest BCUT2D eigenvalue weighted by atomic mass is 10.4. The summed E-state index contributed by atoms with van der Waals surface area (Å²) in [6, 6.07) is 1.96. The molecule has 0 saturated heterocycles. The molecule has 4 heteroatoms. The van der Waals surface area contributed by atoms with Crippen molar-refractivity contribution in [2.24, 2.45) is 0 Å². The van der Waals surface area contributed by atoms with E-state index in [4.69, 9.17) is 0 Å². The van der Waals surface area contributed by atoms with Gasteiger partial charge < -0.3 is 5.32 Å². The molecule has 1 rings (SSSR count). The van der Waals surface area contributed by atoms with E-state index in [9.17, 15) is 4.79 Å². The molecule has 12 heavy (non-hydrogen) atoms. The highest BCUT2D eigenvalue weighted by Gasteiger charge is 2.01. The SMILES string of the molecule is C=CC(=O)NCc1sccc1Br. The number of carbonyl (C=O) groups is 1. The van der Waals surface area contributed by atoms with Gasteiger partial charge in [0, 0.05) is 9.35 Å².